The maximum atomic E-state index is 11.2. The van der Waals surface area contributed by atoms with Gasteiger partial charge in [0.15, 0.2) is 5.96 Å². The summed E-state index contributed by atoms with van der Waals surface area (Å²) >= 11 is 0. The summed E-state index contributed by atoms with van der Waals surface area (Å²) in [6.07, 6.45) is 5.00. The second-order valence-electron chi connectivity index (χ2n) is 7.32. The predicted molar refractivity (Wildman–Crippen MR) is 104 cm³/mol. The smallest absolute Gasteiger partial charge is 0.248 e. The van der Waals surface area contributed by atoms with Crippen molar-refractivity contribution >= 4 is 11.9 Å². The maximum Gasteiger partial charge on any atom is 0.248 e. The lowest BCUT2D eigenvalue weighted by atomic mass is 9.78. The third-order valence-electron chi connectivity index (χ3n) is 4.92. The van der Waals surface area contributed by atoms with Crippen LogP contribution in [0, 0.1) is 5.41 Å². The lowest BCUT2D eigenvalue weighted by molar-refractivity contribution is 0.100. The number of hydrogen-bond acceptors (Lipinski definition) is 2. The SMILES string of the molecule is CCCC1(C)CCCN(C(=NCc2ccc(C(N)=O)cc2)NCC)C1. The van der Waals surface area contributed by atoms with Gasteiger partial charge in [0, 0.05) is 25.2 Å². The molecule has 1 aromatic rings. The number of guanidine groups is 1. The molecule has 1 unspecified atom stereocenters. The van der Waals surface area contributed by atoms with E-state index in [0.717, 1.165) is 31.2 Å². The summed E-state index contributed by atoms with van der Waals surface area (Å²) in [5, 5.41) is 3.43. The van der Waals surface area contributed by atoms with Crippen molar-refractivity contribution in [3.8, 4) is 0 Å². The van der Waals surface area contributed by atoms with Gasteiger partial charge in [0.2, 0.25) is 5.91 Å². The van der Waals surface area contributed by atoms with E-state index in [4.69, 9.17) is 10.7 Å². The number of likely N-dealkylation sites (tertiary alicyclic amines) is 1. The number of benzene rings is 1. The van der Waals surface area contributed by atoms with E-state index >= 15 is 0 Å². The quantitative estimate of drug-likeness (QED) is 0.615. The Morgan fingerprint density at radius 1 is 1.32 bits per heavy atom. The first-order valence-corrected chi connectivity index (χ1v) is 9.39. The molecular formula is C20H32N4O. The average molecular weight is 345 g/mol. The summed E-state index contributed by atoms with van der Waals surface area (Å²) < 4.78 is 0. The van der Waals surface area contributed by atoms with Crippen LogP contribution in [0.5, 0.6) is 0 Å². The maximum absolute atomic E-state index is 11.2. The summed E-state index contributed by atoms with van der Waals surface area (Å²) in [4.78, 5) is 18.4. The van der Waals surface area contributed by atoms with E-state index in [1.54, 1.807) is 12.1 Å². The van der Waals surface area contributed by atoms with Crippen molar-refractivity contribution in [2.24, 2.45) is 16.1 Å². The van der Waals surface area contributed by atoms with E-state index in [-0.39, 0.29) is 0 Å². The first kappa shape index (κ1) is 19.3. The van der Waals surface area contributed by atoms with Gasteiger partial charge in [0.25, 0.3) is 0 Å². The van der Waals surface area contributed by atoms with Crippen molar-refractivity contribution in [2.45, 2.75) is 53.0 Å². The number of piperidine rings is 1. The van der Waals surface area contributed by atoms with Gasteiger partial charge in [-0.3, -0.25) is 4.79 Å². The van der Waals surface area contributed by atoms with E-state index < -0.39 is 5.91 Å². The first-order valence-electron chi connectivity index (χ1n) is 9.39. The van der Waals surface area contributed by atoms with Gasteiger partial charge in [-0.2, -0.15) is 0 Å². The Kier molecular flexibility index (Phi) is 6.85. The highest BCUT2D eigenvalue weighted by atomic mass is 16.1. The van der Waals surface area contributed by atoms with E-state index in [1.165, 1.54) is 25.7 Å². The fourth-order valence-electron chi connectivity index (χ4n) is 3.67. The summed E-state index contributed by atoms with van der Waals surface area (Å²) in [5.41, 5.74) is 7.28. The molecule has 0 spiro atoms. The second kappa shape index (κ2) is 8.88. The molecule has 5 nitrogen and oxygen atoms in total. The normalized spacial score (nSPS) is 21.2. The van der Waals surface area contributed by atoms with E-state index in [9.17, 15) is 4.79 Å². The van der Waals surface area contributed by atoms with Crippen LogP contribution in [0.15, 0.2) is 29.3 Å². The van der Waals surface area contributed by atoms with Crippen molar-refractivity contribution in [3.05, 3.63) is 35.4 Å². The molecule has 1 aromatic carbocycles. The molecule has 3 N–H and O–H groups in total. The van der Waals surface area contributed by atoms with Crippen LogP contribution in [-0.4, -0.2) is 36.4 Å². The van der Waals surface area contributed by atoms with Crippen molar-refractivity contribution in [1.82, 2.24) is 10.2 Å². The zero-order chi connectivity index (χ0) is 18.3. The molecular weight excluding hydrogens is 312 g/mol. The van der Waals surface area contributed by atoms with Gasteiger partial charge in [0.05, 0.1) is 6.54 Å². The Balaban J connectivity index is 2.08. The minimum Gasteiger partial charge on any atom is -0.366 e. The number of rotatable bonds is 6. The Bertz CT molecular complexity index is 592. The van der Waals surface area contributed by atoms with Crippen LogP contribution < -0.4 is 11.1 Å². The first-order chi connectivity index (χ1) is 12.0. The van der Waals surface area contributed by atoms with E-state index in [0.29, 0.717) is 17.5 Å². The largest absolute Gasteiger partial charge is 0.366 e. The fraction of sp³-hybridized carbons (Fsp3) is 0.600. The number of nitrogens with two attached hydrogens (primary N) is 1. The molecule has 1 aliphatic heterocycles. The van der Waals surface area contributed by atoms with Gasteiger partial charge >= 0.3 is 0 Å². The van der Waals surface area contributed by atoms with Gasteiger partial charge in [0.1, 0.15) is 0 Å². The molecule has 0 bridgehead atoms. The molecule has 2 rings (SSSR count). The van der Waals surface area contributed by atoms with Gasteiger partial charge in [-0.1, -0.05) is 32.4 Å². The van der Waals surface area contributed by atoms with Crippen LogP contribution in [0.3, 0.4) is 0 Å². The molecule has 1 atom stereocenters. The topological polar surface area (TPSA) is 70.7 Å². The Labute approximate surface area is 151 Å². The van der Waals surface area contributed by atoms with Crippen molar-refractivity contribution < 1.29 is 4.79 Å². The molecule has 138 valence electrons. The van der Waals surface area contributed by atoms with Crippen molar-refractivity contribution in [2.75, 3.05) is 19.6 Å². The van der Waals surface area contributed by atoms with Crippen molar-refractivity contribution in [1.29, 1.82) is 0 Å². The number of primary amides is 1. The molecule has 0 aliphatic carbocycles. The second-order valence-corrected chi connectivity index (χ2v) is 7.32. The molecule has 0 saturated carbocycles. The minimum absolute atomic E-state index is 0.381. The average Bonchev–Trinajstić information content (AvgIpc) is 2.59. The lowest BCUT2D eigenvalue weighted by Gasteiger charge is -2.42. The number of amides is 1. The molecule has 0 aromatic heterocycles. The van der Waals surface area contributed by atoms with Gasteiger partial charge in [-0.25, -0.2) is 4.99 Å². The lowest BCUT2D eigenvalue weighted by Crippen LogP contribution is -2.49. The zero-order valence-electron chi connectivity index (χ0n) is 15.8. The molecule has 0 radical (unpaired) electrons. The number of carbonyl (C=O) groups excluding carboxylic acids is 1. The fourth-order valence-corrected chi connectivity index (χ4v) is 3.67. The molecule has 5 heteroatoms. The molecule has 1 aliphatic rings. The highest BCUT2D eigenvalue weighted by Crippen LogP contribution is 2.33. The molecule has 1 fully saturated rings. The Morgan fingerprint density at radius 2 is 2.04 bits per heavy atom. The summed E-state index contributed by atoms with van der Waals surface area (Å²) in [6, 6.07) is 7.37. The summed E-state index contributed by atoms with van der Waals surface area (Å²) in [6.45, 7) is 10.3. The highest BCUT2D eigenvalue weighted by Gasteiger charge is 2.31. The number of aliphatic imine (C=N–C) groups is 1. The number of hydrogen-bond donors (Lipinski definition) is 2. The third-order valence-corrected chi connectivity index (χ3v) is 4.92. The van der Waals surface area contributed by atoms with Crippen LogP contribution in [0.2, 0.25) is 0 Å². The third kappa shape index (κ3) is 5.48. The molecule has 1 amide bonds. The van der Waals surface area contributed by atoms with Crippen molar-refractivity contribution in [3.63, 3.8) is 0 Å². The van der Waals surface area contributed by atoms with Gasteiger partial charge in [-0.15, -0.1) is 0 Å². The zero-order valence-corrected chi connectivity index (χ0v) is 15.8. The molecule has 1 saturated heterocycles. The summed E-state index contributed by atoms with van der Waals surface area (Å²) in [5.74, 6) is 0.593. The number of nitrogens with zero attached hydrogens (tertiary/aromatic N) is 2. The van der Waals surface area contributed by atoms with E-state index in [2.05, 4.69) is 31.0 Å². The van der Waals surface area contributed by atoms with Crippen LogP contribution in [-0.2, 0) is 6.54 Å². The van der Waals surface area contributed by atoms with E-state index in [1.807, 2.05) is 12.1 Å². The van der Waals surface area contributed by atoms with Crippen LogP contribution in [0.25, 0.3) is 0 Å². The molecule has 25 heavy (non-hydrogen) atoms. The minimum atomic E-state index is -0.396. The van der Waals surface area contributed by atoms with Crippen LogP contribution in [0.4, 0.5) is 0 Å². The van der Waals surface area contributed by atoms with Crippen LogP contribution >= 0.6 is 0 Å². The van der Waals surface area contributed by atoms with Gasteiger partial charge in [-0.05, 0) is 49.3 Å². The van der Waals surface area contributed by atoms with Gasteiger partial charge < -0.3 is 16.0 Å². The number of nitrogens with one attached hydrogen (secondary N) is 1. The monoisotopic (exact) mass is 344 g/mol. The highest BCUT2D eigenvalue weighted by molar-refractivity contribution is 5.92. The Hall–Kier alpha value is -2.04. The van der Waals surface area contributed by atoms with Crippen LogP contribution in [0.1, 0.15) is 62.4 Å². The summed E-state index contributed by atoms with van der Waals surface area (Å²) in [7, 11) is 0. The standard InChI is InChI=1S/C20H32N4O/c1-4-11-20(3)12-6-13-24(15-20)19(22-5-2)23-14-16-7-9-17(10-8-16)18(21)25/h7-10H,4-6,11-15H2,1-3H3,(H2,21,25)(H,22,23). The Morgan fingerprint density at radius 3 is 2.64 bits per heavy atom. The molecule has 1 heterocycles. The number of carbonyl (C=O) groups is 1. The predicted octanol–water partition coefficient (Wildman–Crippen LogP) is 3.15.